The van der Waals surface area contributed by atoms with E-state index in [1.165, 1.54) is 0 Å². The fourth-order valence-electron chi connectivity index (χ4n) is 1.88. The molecule has 0 heterocycles. The minimum absolute atomic E-state index is 0.262. The van der Waals surface area contributed by atoms with Gasteiger partial charge in [-0.1, -0.05) is 29.3 Å². The van der Waals surface area contributed by atoms with Gasteiger partial charge < -0.3 is 9.47 Å². The van der Waals surface area contributed by atoms with Crippen LogP contribution in [0.4, 0.5) is 19.3 Å². The summed E-state index contributed by atoms with van der Waals surface area (Å²) in [6.07, 6.45) is -1.02. The molecule has 5 nitrogen and oxygen atoms in total. The molecule has 0 saturated carbocycles. The zero-order valence-corrected chi connectivity index (χ0v) is 14.3. The quantitative estimate of drug-likeness (QED) is 0.762. The molecule has 0 bridgehead atoms. The average molecular weight is 390 g/mol. The first kappa shape index (κ1) is 19.0. The van der Waals surface area contributed by atoms with Crippen LogP contribution in [0.15, 0.2) is 30.3 Å². The molecule has 2 aromatic carbocycles. The number of ether oxygens (including phenoxy) is 2. The number of rotatable bonds is 4. The first-order valence-electron chi connectivity index (χ1n) is 6.77. The van der Waals surface area contributed by atoms with Crippen LogP contribution in [0.2, 0.25) is 10.0 Å². The van der Waals surface area contributed by atoms with Crippen LogP contribution in [0.1, 0.15) is 15.9 Å². The number of carbonyl (C=O) groups excluding carboxylic acids is 2. The van der Waals surface area contributed by atoms with Gasteiger partial charge in [-0.05, 0) is 18.2 Å². The molecule has 25 heavy (non-hydrogen) atoms. The van der Waals surface area contributed by atoms with Crippen molar-refractivity contribution in [3.8, 4) is 0 Å². The second-order valence-corrected chi connectivity index (χ2v) is 5.52. The minimum Gasteiger partial charge on any atom is -0.465 e. The topological polar surface area (TPSA) is 64.6 Å². The Morgan fingerprint density at radius 2 is 1.72 bits per heavy atom. The van der Waals surface area contributed by atoms with Crippen molar-refractivity contribution in [3.63, 3.8) is 0 Å². The third-order valence-electron chi connectivity index (χ3n) is 3.11. The van der Waals surface area contributed by atoms with Crippen molar-refractivity contribution in [1.82, 2.24) is 0 Å². The molecule has 1 amide bonds. The zero-order valence-electron chi connectivity index (χ0n) is 12.7. The molecule has 0 atom stereocenters. The van der Waals surface area contributed by atoms with Gasteiger partial charge >= 0.3 is 12.1 Å². The van der Waals surface area contributed by atoms with E-state index in [0.717, 1.165) is 7.11 Å². The second kappa shape index (κ2) is 8.13. The Morgan fingerprint density at radius 1 is 1.12 bits per heavy atom. The Balaban J connectivity index is 2.15. The van der Waals surface area contributed by atoms with Crippen LogP contribution in [0.3, 0.4) is 0 Å². The van der Waals surface area contributed by atoms with Crippen molar-refractivity contribution >= 4 is 41.0 Å². The number of halogens is 4. The summed E-state index contributed by atoms with van der Waals surface area (Å²) in [6, 6.07) is 6.01. The SMILES string of the molecule is COC(=O)c1cc(F)c(F)cc1NC(=O)OCc1c(Cl)cccc1Cl. The molecular formula is C16H11Cl2F2NO4. The van der Waals surface area contributed by atoms with E-state index in [2.05, 4.69) is 10.1 Å². The normalized spacial score (nSPS) is 10.3. The van der Waals surface area contributed by atoms with Gasteiger partial charge in [-0.3, -0.25) is 5.32 Å². The maximum Gasteiger partial charge on any atom is 0.411 e. The molecule has 0 saturated heterocycles. The van der Waals surface area contributed by atoms with Crippen molar-refractivity contribution in [1.29, 1.82) is 0 Å². The number of nitrogens with one attached hydrogen (secondary N) is 1. The van der Waals surface area contributed by atoms with Crippen molar-refractivity contribution in [2.24, 2.45) is 0 Å². The van der Waals surface area contributed by atoms with Crippen molar-refractivity contribution < 1.29 is 27.8 Å². The van der Waals surface area contributed by atoms with Crippen LogP contribution in [0, 0.1) is 11.6 Å². The van der Waals surface area contributed by atoms with Gasteiger partial charge in [0.1, 0.15) is 6.61 Å². The van der Waals surface area contributed by atoms with Gasteiger partial charge in [-0.25, -0.2) is 18.4 Å². The summed E-state index contributed by atoms with van der Waals surface area (Å²) >= 11 is 11.9. The first-order valence-corrected chi connectivity index (χ1v) is 7.53. The fraction of sp³-hybridized carbons (Fsp3) is 0.125. The smallest absolute Gasteiger partial charge is 0.411 e. The van der Waals surface area contributed by atoms with Crippen molar-refractivity contribution in [2.75, 3.05) is 12.4 Å². The van der Waals surface area contributed by atoms with E-state index in [-0.39, 0.29) is 17.9 Å². The van der Waals surface area contributed by atoms with Gasteiger partial charge in [0.15, 0.2) is 11.6 Å². The predicted octanol–water partition coefficient (Wildman–Crippen LogP) is 4.81. The molecule has 0 radical (unpaired) electrons. The molecule has 0 spiro atoms. The lowest BCUT2D eigenvalue weighted by Gasteiger charge is -2.12. The Hall–Kier alpha value is -2.38. The number of methoxy groups -OCH3 is 1. The Morgan fingerprint density at radius 3 is 2.32 bits per heavy atom. The minimum atomic E-state index is -1.26. The van der Waals surface area contributed by atoms with Crippen LogP contribution >= 0.6 is 23.2 Å². The standard InChI is InChI=1S/C16H11Cl2F2NO4/c1-24-15(22)8-5-12(19)13(20)6-14(8)21-16(23)25-7-9-10(17)3-2-4-11(9)18/h2-6H,7H2,1H3,(H,21,23). The lowest BCUT2D eigenvalue weighted by atomic mass is 10.1. The monoisotopic (exact) mass is 389 g/mol. The number of benzene rings is 2. The molecule has 2 rings (SSSR count). The number of hydrogen-bond acceptors (Lipinski definition) is 4. The summed E-state index contributed by atoms with van der Waals surface area (Å²) in [6.45, 7) is -0.262. The molecule has 2 aromatic rings. The molecule has 0 aromatic heterocycles. The number of hydrogen-bond donors (Lipinski definition) is 1. The predicted molar refractivity (Wildman–Crippen MR) is 88.0 cm³/mol. The van der Waals surface area contributed by atoms with Crippen LogP contribution in [0.5, 0.6) is 0 Å². The number of amides is 1. The van der Waals surface area contributed by atoms with Crippen molar-refractivity contribution in [3.05, 3.63) is 63.1 Å². The highest BCUT2D eigenvalue weighted by Gasteiger charge is 2.19. The number of esters is 1. The molecule has 1 N–H and O–H groups in total. The van der Waals surface area contributed by atoms with Gasteiger partial charge in [0, 0.05) is 21.7 Å². The molecule has 0 unspecified atom stereocenters. The van der Waals surface area contributed by atoms with Crippen LogP contribution < -0.4 is 5.32 Å². The molecule has 132 valence electrons. The van der Waals surface area contributed by atoms with Gasteiger partial charge in [0.25, 0.3) is 0 Å². The summed E-state index contributed by atoms with van der Waals surface area (Å²) in [7, 11) is 1.06. The number of carbonyl (C=O) groups is 2. The third kappa shape index (κ3) is 4.58. The lowest BCUT2D eigenvalue weighted by Crippen LogP contribution is -2.17. The van der Waals surface area contributed by atoms with E-state index >= 15 is 0 Å². The van der Waals surface area contributed by atoms with E-state index in [1.807, 2.05) is 0 Å². The molecule has 0 fully saturated rings. The van der Waals surface area contributed by atoms with E-state index in [0.29, 0.717) is 27.7 Å². The maximum atomic E-state index is 13.4. The molecule has 0 aliphatic heterocycles. The van der Waals surface area contributed by atoms with Gasteiger partial charge in [0.2, 0.25) is 0 Å². The first-order chi connectivity index (χ1) is 11.8. The number of anilines is 1. The van der Waals surface area contributed by atoms with Crippen LogP contribution in [-0.4, -0.2) is 19.2 Å². The summed E-state index contributed by atoms with van der Waals surface area (Å²) in [5.74, 6) is -3.47. The summed E-state index contributed by atoms with van der Waals surface area (Å²) in [5, 5.41) is 2.74. The van der Waals surface area contributed by atoms with Gasteiger partial charge in [-0.2, -0.15) is 0 Å². The fourth-order valence-corrected chi connectivity index (χ4v) is 2.39. The highest BCUT2D eigenvalue weighted by molar-refractivity contribution is 6.35. The Kier molecular flexibility index (Phi) is 6.17. The highest BCUT2D eigenvalue weighted by atomic mass is 35.5. The summed E-state index contributed by atoms with van der Waals surface area (Å²) in [4.78, 5) is 23.5. The van der Waals surface area contributed by atoms with Crippen LogP contribution in [0.25, 0.3) is 0 Å². The maximum absolute atomic E-state index is 13.4. The Labute approximate surface area is 151 Å². The van der Waals surface area contributed by atoms with Crippen LogP contribution in [-0.2, 0) is 16.1 Å². The second-order valence-electron chi connectivity index (χ2n) is 4.70. The van der Waals surface area contributed by atoms with E-state index in [1.54, 1.807) is 18.2 Å². The Bertz CT molecular complexity index is 810. The molecule has 9 heteroatoms. The van der Waals surface area contributed by atoms with E-state index in [9.17, 15) is 18.4 Å². The average Bonchev–Trinajstić information content (AvgIpc) is 2.56. The van der Waals surface area contributed by atoms with Gasteiger partial charge in [0.05, 0.1) is 18.4 Å². The lowest BCUT2D eigenvalue weighted by molar-refractivity contribution is 0.0601. The summed E-state index contributed by atoms with van der Waals surface area (Å²) in [5.41, 5.74) is -0.297. The van der Waals surface area contributed by atoms with E-state index in [4.69, 9.17) is 27.9 Å². The molecule has 0 aliphatic rings. The van der Waals surface area contributed by atoms with Crippen molar-refractivity contribution in [2.45, 2.75) is 6.61 Å². The molecule has 0 aliphatic carbocycles. The summed E-state index contributed by atoms with van der Waals surface area (Å²) < 4.78 is 36.1. The van der Waals surface area contributed by atoms with E-state index < -0.39 is 23.7 Å². The third-order valence-corrected chi connectivity index (χ3v) is 3.82. The highest BCUT2D eigenvalue weighted by Crippen LogP contribution is 2.25. The zero-order chi connectivity index (χ0) is 18.6. The molecular weight excluding hydrogens is 379 g/mol. The largest absolute Gasteiger partial charge is 0.465 e. The van der Waals surface area contributed by atoms with Gasteiger partial charge in [-0.15, -0.1) is 0 Å².